The Morgan fingerprint density at radius 2 is 2.29 bits per heavy atom. The first kappa shape index (κ1) is 14.7. The summed E-state index contributed by atoms with van der Waals surface area (Å²) in [6.07, 6.45) is -0.760. The highest BCUT2D eigenvalue weighted by molar-refractivity contribution is 7.99. The van der Waals surface area contributed by atoms with Crippen molar-refractivity contribution in [3.8, 4) is 0 Å². The average Bonchev–Trinajstić information content (AvgIpc) is 2.32. The molecule has 0 aliphatic rings. The van der Waals surface area contributed by atoms with Crippen LogP contribution >= 0.6 is 23.4 Å². The minimum absolute atomic E-state index is 0.266. The standard InChI is InChI=1S/C10H15ClN2O3S/c1-2-16-5-9-12-8(11)3-10(13-9)17-6-7(15)4-14/h3,7,14-15H,2,4-6H2,1H3. The van der Waals surface area contributed by atoms with E-state index in [-0.39, 0.29) is 6.61 Å². The molecule has 0 aliphatic carbocycles. The van der Waals surface area contributed by atoms with E-state index < -0.39 is 6.10 Å². The molecule has 0 saturated carbocycles. The van der Waals surface area contributed by atoms with Gasteiger partial charge in [0.2, 0.25) is 0 Å². The molecule has 1 aromatic rings. The Morgan fingerprint density at radius 1 is 1.53 bits per heavy atom. The van der Waals surface area contributed by atoms with E-state index in [2.05, 4.69) is 9.97 Å². The molecule has 0 amide bonds. The van der Waals surface area contributed by atoms with Crippen LogP contribution in [-0.4, -0.2) is 45.3 Å². The van der Waals surface area contributed by atoms with Crippen LogP contribution in [0.15, 0.2) is 11.1 Å². The van der Waals surface area contributed by atoms with Crippen molar-refractivity contribution in [1.82, 2.24) is 9.97 Å². The number of halogens is 1. The highest BCUT2D eigenvalue weighted by Crippen LogP contribution is 2.19. The molecule has 17 heavy (non-hydrogen) atoms. The number of hydrogen-bond donors (Lipinski definition) is 2. The minimum atomic E-state index is -0.760. The van der Waals surface area contributed by atoms with Gasteiger partial charge in [0.15, 0.2) is 5.82 Å². The lowest BCUT2D eigenvalue weighted by atomic mass is 10.4. The van der Waals surface area contributed by atoms with Gasteiger partial charge in [0, 0.05) is 18.4 Å². The topological polar surface area (TPSA) is 75.5 Å². The number of nitrogens with zero attached hydrogens (tertiary/aromatic N) is 2. The van der Waals surface area contributed by atoms with Crippen LogP contribution in [0.3, 0.4) is 0 Å². The van der Waals surface area contributed by atoms with Crippen molar-refractivity contribution in [2.75, 3.05) is 19.0 Å². The van der Waals surface area contributed by atoms with E-state index in [0.717, 1.165) is 0 Å². The second-order valence-electron chi connectivity index (χ2n) is 3.23. The zero-order chi connectivity index (χ0) is 12.7. The van der Waals surface area contributed by atoms with Gasteiger partial charge >= 0.3 is 0 Å². The third-order valence-corrected chi connectivity index (χ3v) is 3.04. The van der Waals surface area contributed by atoms with E-state index in [1.165, 1.54) is 11.8 Å². The quantitative estimate of drug-likeness (QED) is 0.575. The number of aromatic nitrogens is 2. The normalized spacial score (nSPS) is 12.7. The van der Waals surface area contributed by atoms with Crippen molar-refractivity contribution < 1.29 is 14.9 Å². The van der Waals surface area contributed by atoms with Gasteiger partial charge in [-0.1, -0.05) is 11.6 Å². The summed E-state index contributed by atoms with van der Waals surface area (Å²) in [5.74, 6) is 0.873. The monoisotopic (exact) mass is 278 g/mol. The lowest BCUT2D eigenvalue weighted by Crippen LogP contribution is -2.14. The molecule has 1 aromatic heterocycles. The van der Waals surface area contributed by atoms with E-state index in [1.807, 2.05) is 6.92 Å². The number of aliphatic hydroxyl groups is 2. The Balaban J connectivity index is 2.61. The molecule has 0 spiro atoms. The van der Waals surface area contributed by atoms with Crippen molar-refractivity contribution in [1.29, 1.82) is 0 Å². The minimum Gasteiger partial charge on any atom is -0.394 e. The number of ether oxygens (including phenoxy) is 1. The van der Waals surface area contributed by atoms with E-state index in [4.69, 9.17) is 21.4 Å². The van der Waals surface area contributed by atoms with Crippen LogP contribution in [0.2, 0.25) is 5.15 Å². The van der Waals surface area contributed by atoms with Crippen LogP contribution in [0, 0.1) is 0 Å². The van der Waals surface area contributed by atoms with Gasteiger partial charge in [-0.15, -0.1) is 11.8 Å². The molecular weight excluding hydrogens is 264 g/mol. The van der Waals surface area contributed by atoms with Crippen LogP contribution in [-0.2, 0) is 11.3 Å². The predicted molar refractivity (Wildman–Crippen MR) is 66.2 cm³/mol. The van der Waals surface area contributed by atoms with Crippen molar-refractivity contribution >= 4 is 23.4 Å². The smallest absolute Gasteiger partial charge is 0.156 e. The molecule has 0 bridgehead atoms. The lowest BCUT2D eigenvalue weighted by Gasteiger charge is -2.07. The van der Waals surface area contributed by atoms with Gasteiger partial charge in [0.05, 0.1) is 12.7 Å². The summed E-state index contributed by atoms with van der Waals surface area (Å²) in [4.78, 5) is 8.25. The maximum atomic E-state index is 9.23. The number of hydrogen-bond acceptors (Lipinski definition) is 6. The summed E-state index contributed by atoms with van der Waals surface area (Å²) in [6, 6.07) is 1.62. The number of aliphatic hydroxyl groups excluding tert-OH is 2. The van der Waals surface area contributed by atoms with Crippen molar-refractivity contribution in [2.24, 2.45) is 0 Å². The zero-order valence-electron chi connectivity index (χ0n) is 9.47. The van der Waals surface area contributed by atoms with E-state index in [0.29, 0.717) is 35.0 Å². The second kappa shape index (κ2) is 7.84. The first-order valence-electron chi connectivity index (χ1n) is 5.18. The summed E-state index contributed by atoms with van der Waals surface area (Å²) in [7, 11) is 0. The predicted octanol–water partition coefficient (Wildman–Crippen LogP) is 1.11. The van der Waals surface area contributed by atoms with Gasteiger partial charge in [-0.2, -0.15) is 0 Å². The summed E-state index contributed by atoms with van der Waals surface area (Å²) in [6.45, 7) is 2.52. The van der Waals surface area contributed by atoms with Gasteiger partial charge < -0.3 is 14.9 Å². The van der Waals surface area contributed by atoms with E-state index in [9.17, 15) is 5.11 Å². The van der Waals surface area contributed by atoms with Gasteiger partial charge in [0.25, 0.3) is 0 Å². The molecule has 1 unspecified atom stereocenters. The van der Waals surface area contributed by atoms with E-state index >= 15 is 0 Å². The zero-order valence-corrected chi connectivity index (χ0v) is 11.0. The Bertz CT molecular complexity index is 354. The Labute approximate surface area is 109 Å². The van der Waals surface area contributed by atoms with Gasteiger partial charge in [-0.3, -0.25) is 0 Å². The SMILES string of the molecule is CCOCc1nc(Cl)cc(SCC(O)CO)n1. The highest BCUT2D eigenvalue weighted by atomic mass is 35.5. The largest absolute Gasteiger partial charge is 0.394 e. The van der Waals surface area contributed by atoms with E-state index in [1.54, 1.807) is 6.07 Å². The molecule has 0 aromatic carbocycles. The third kappa shape index (κ3) is 5.65. The van der Waals surface area contributed by atoms with Crippen LogP contribution in [0.1, 0.15) is 12.7 Å². The number of thioether (sulfide) groups is 1. The Kier molecular flexibility index (Phi) is 6.76. The molecule has 96 valence electrons. The van der Waals surface area contributed by atoms with Crippen molar-refractivity contribution in [3.05, 3.63) is 17.0 Å². The van der Waals surface area contributed by atoms with Crippen molar-refractivity contribution in [3.63, 3.8) is 0 Å². The molecule has 0 fully saturated rings. The molecule has 2 N–H and O–H groups in total. The highest BCUT2D eigenvalue weighted by Gasteiger charge is 2.07. The molecule has 7 heteroatoms. The van der Waals surface area contributed by atoms with Gasteiger partial charge in [-0.05, 0) is 6.92 Å². The lowest BCUT2D eigenvalue weighted by molar-refractivity contribution is 0.113. The van der Waals surface area contributed by atoms with Crippen LogP contribution in [0.5, 0.6) is 0 Å². The molecule has 1 atom stereocenters. The summed E-state index contributed by atoms with van der Waals surface area (Å²) >= 11 is 7.16. The summed E-state index contributed by atoms with van der Waals surface area (Å²) in [5, 5.41) is 18.9. The maximum Gasteiger partial charge on any atom is 0.156 e. The van der Waals surface area contributed by atoms with Crippen LogP contribution in [0.25, 0.3) is 0 Å². The Hall–Kier alpha value is -0.400. The third-order valence-electron chi connectivity index (χ3n) is 1.79. The van der Waals surface area contributed by atoms with Gasteiger partial charge in [0.1, 0.15) is 16.8 Å². The molecule has 1 heterocycles. The molecule has 0 saturated heterocycles. The first-order valence-corrected chi connectivity index (χ1v) is 6.55. The fourth-order valence-electron chi connectivity index (χ4n) is 1.01. The summed E-state index contributed by atoms with van der Waals surface area (Å²) < 4.78 is 5.19. The Morgan fingerprint density at radius 3 is 2.94 bits per heavy atom. The fourth-order valence-corrected chi connectivity index (χ4v) is 2.11. The number of rotatable bonds is 7. The second-order valence-corrected chi connectivity index (χ2v) is 4.66. The molecule has 0 aliphatic heterocycles. The van der Waals surface area contributed by atoms with Crippen molar-refractivity contribution in [2.45, 2.75) is 24.7 Å². The fraction of sp³-hybridized carbons (Fsp3) is 0.600. The molecular formula is C10H15ClN2O3S. The maximum absolute atomic E-state index is 9.23. The molecule has 0 radical (unpaired) electrons. The molecule has 1 rings (SSSR count). The summed E-state index contributed by atoms with van der Waals surface area (Å²) in [5.41, 5.74) is 0. The molecule has 5 nitrogen and oxygen atoms in total. The van der Waals surface area contributed by atoms with Crippen LogP contribution in [0.4, 0.5) is 0 Å². The van der Waals surface area contributed by atoms with Gasteiger partial charge in [-0.25, -0.2) is 9.97 Å². The average molecular weight is 279 g/mol. The van der Waals surface area contributed by atoms with Crippen LogP contribution < -0.4 is 0 Å². The first-order chi connectivity index (χ1) is 8.15.